The predicted molar refractivity (Wildman–Crippen MR) is 83.4 cm³/mol. The maximum Gasteiger partial charge on any atom is 0.148 e. The van der Waals surface area contributed by atoms with Crippen LogP contribution in [0.25, 0.3) is 11.1 Å². The molecule has 0 fully saturated rings. The zero-order chi connectivity index (χ0) is 15.4. The maximum absolute atomic E-state index is 14.2. The van der Waals surface area contributed by atoms with Crippen molar-refractivity contribution < 1.29 is 13.5 Å². The molecule has 0 atom stereocenters. The van der Waals surface area contributed by atoms with E-state index >= 15 is 0 Å². The lowest BCUT2D eigenvalue weighted by molar-refractivity contribution is 0.408. The molecule has 2 nitrogen and oxygen atoms in total. The second-order valence-corrected chi connectivity index (χ2v) is 5.38. The van der Waals surface area contributed by atoms with Gasteiger partial charge in [0.2, 0.25) is 0 Å². The van der Waals surface area contributed by atoms with Gasteiger partial charge in [0.25, 0.3) is 0 Å². The monoisotopic (exact) mass is 355 g/mol. The lowest BCUT2D eigenvalue weighted by Crippen LogP contribution is -2.12. The summed E-state index contributed by atoms with van der Waals surface area (Å²) in [6, 6.07) is 7.73. The topological polar surface area (TPSA) is 21.3 Å². The van der Waals surface area contributed by atoms with Gasteiger partial charge in [-0.1, -0.05) is 13.0 Å². The molecule has 21 heavy (non-hydrogen) atoms. The lowest BCUT2D eigenvalue weighted by atomic mass is 10.0. The number of benzene rings is 2. The van der Waals surface area contributed by atoms with E-state index in [1.165, 1.54) is 12.1 Å². The molecule has 0 heterocycles. The molecule has 5 heteroatoms. The molecule has 1 N–H and O–H groups in total. The summed E-state index contributed by atoms with van der Waals surface area (Å²) in [5.41, 5.74) is 1.31. The molecular weight excluding hydrogens is 340 g/mol. The third kappa shape index (κ3) is 3.41. The summed E-state index contributed by atoms with van der Waals surface area (Å²) in [4.78, 5) is 0. The first-order chi connectivity index (χ1) is 10.1. The molecule has 2 aromatic carbocycles. The summed E-state index contributed by atoms with van der Waals surface area (Å²) in [5.74, 6) is -0.500. The van der Waals surface area contributed by atoms with E-state index < -0.39 is 11.6 Å². The number of halogens is 3. The summed E-state index contributed by atoms with van der Waals surface area (Å²) >= 11 is 3.09. The standard InChI is InChI=1S/C16H16BrF2NO/c1-3-20-9-11-8-10(4-7-14(11)21-2)15-13(18)6-5-12(17)16(15)19/h4-8,20H,3,9H2,1-2H3. The molecule has 0 spiro atoms. The first-order valence-corrected chi connectivity index (χ1v) is 7.39. The highest BCUT2D eigenvalue weighted by molar-refractivity contribution is 9.10. The average molecular weight is 356 g/mol. The summed E-state index contributed by atoms with van der Waals surface area (Å²) in [7, 11) is 1.57. The molecule has 0 aromatic heterocycles. The summed E-state index contributed by atoms with van der Waals surface area (Å²) in [5, 5.41) is 3.18. The van der Waals surface area contributed by atoms with Crippen molar-refractivity contribution >= 4 is 15.9 Å². The maximum atomic E-state index is 14.2. The van der Waals surface area contributed by atoms with Gasteiger partial charge in [-0.25, -0.2) is 8.78 Å². The van der Waals surface area contributed by atoms with Crippen LogP contribution in [0.2, 0.25) is 0 Å². The van der Waals surface area contributed by atoms with Crippen molar-refractivity contribution in [1.82, 2.24) is 5.32 Å². The number of hydrogen-bond donors (Lipinski definition) is 1. The SMILES string of the molecule is CCNCc1cc(-c2c(F)ccc(Br)c2F)ccc1OC. The largest absolute Gasteiger partial charge is 0.496 e. The van der Waals surface area contributed by atoms with E-state index in [1.807, 2.05) is 6.92 Å². The molecule has 0 unspecified atom stereocenters. The second-order valence-electron chi connectivity index (χ2n) is 4.53. The van der Waals surface area contributed by atoms with Crippen molar-refractivity contribution in [1.29, 1.82) is 0 Å². The van der Waals surface area contributed by atoms with E-state index in [0.29, 0.717) is 17.9 Å². The Kier molecular flexibility index (Phi) is 5.31. The van der Waals surface area contributed by atoms with Crippen LogP contribution in [0, 0.1) is 11.6 Å². The van der Waals surface area contributed by atoms with Gasteiger partial charge in [-0.05, 0) is 52.3 Å². The third-order valence-electron chi connectivity index (χ3n) is 3.18. The van der Waals surface area contributed by atoms with E-state index in [0.717, 1.165) is 12.1 Å². The van der Waals surface area contributed by atoms with Crippen LogP contribution in [0.4, 0.5) is 8.78 Å². The van der Waals surface area contributed by atoms with Crippen LogP contribution in [0.5, 0.6) is 5.75 Å². The van der Waals surface area contributed by atoms with Crippen LogP contribution < -0.4 is 10.1 Å². The highest BCUT2D eigenvalue weighted by atomic mass is 79.9. The van der Waals surface area contributed by atoms with Gasteiger partial charge in [-0.15, -0.1) is 0 Å². The normalized spacial score (nSPS) is 10.7. The highest BCUT2D eigenvalue weighted by Gasteiger charge is 2.16. The van der Waals surface area contributed by atoms with Crippen molar-refractivity contribution in [2.75, 3.05) is 13.7 Å². The van der Waals surface area contributed by atoms with Gasteiger partial charge >= 0.3 is 0 Å². The first kappa shape index (κ1) is 15.9. The molecular formula is C16H16BrF2NO. The van der Waals surface area contributed by atoms with Gasteiger partial charge in [-0.2, -0.15) is 0 Å². The van der Waals surface area contributed by atoms with Crippen molar-refractivity contribution in [3.8, 4) is 16.9 Å². The van der Waals surface area contributed by atoms with Crippen molar-refractivity contribution in [2.45, 2.75) is 13.5 Å². The summed E-state index contributed by atoms with van der Waals surface area (Å²) < 4.78 is 33.7. The third-order valence-corrected chi connectivity index (χ3v) is 3.79. The Bertz CT molecular complexity index is 646. The molecule has 0 saturated heterocycles. The second kappa shape index (κ2) is 7.00. The average Bonchev–Trinajstić information content (AvgIpc) is 2.49. The van der Waals surface area contributed by atoms with Crippen LogP contribution in [0.1, 0.15) is 12.5 Å². The molecule has 0 aliphatic heterocycles. The number of rotatable bonds is 5. The van der Waals surface area contributed by atoms with Gasteiger partial charge in [0.15, 0.2) is 0 Å². The Morgan fingerprint density at radius 3 is 2.62 bits per heavy atom. The Morgan fingerprint density at radius 2 is 1.95 bits per heavy atom. The summed E-state index contributed by atoms with van der Waals surface area (Å²) in [6.07, 6.45) is 0. The van der Waals surface area contributed by atoms with Crippen LogP contribution in [0.3, 0.4) is 0 Å². The summed E-state index contributed by atoms with van der Waals surface area (Å²) in [6.45, 7) is 3.36. The van der Waals surface area contributed by atoms with Crippen LogP contribution in [-0.2, 0) is 6.54 Å². The van der Waals surface area contributed by atoms with E-state index in [1.54, 1.807) is 25.3 Å². The fourth-order valence-corrected chi connectivity index (χ4v) is 2.45. The zero-order valence-electron chi connectivity index (χ0n) is 11.8. The molecule has 112 valence electrons. The highest BCUT2D eigenvalue weighted by Crippen LogP contribution is 2.33. The molecule has 2 rings (SSSR count). The number of hydrogen-bond acceptors (Lipinski definition) is 2. The smallest absolute Gasteiger partial charge is 0.148 e. The van der Waals surface area contributed by atoms with Crippen molar-refractivity contribution in [2.24, 2.45) is 0 Å². The van der Waals surface area contributed by atoms with E-state index in [4.69, 9.17) is 4.74 Å². The van der Waals surface area contributed by atoms with Crippen LogP contribution in [0.15, 0.2) is 34.8 Å². The lowest BCUT2D eigenvalue weighted by Gasteiger charge is -2.13. The molecule has 0 bridgehead atoms. The molecule has 0 amide bonds. The van der Waals surface area contributed by atoms with E-state index in [9.17, 15) is 8.78 Å². The minimum Gasteiger partial charge on any atom is -0.496 e. The van der Waals surface area contributed by atoms with Gasteiger partial charge in [0.05, 0.1) is 17.1 Å². The molecule has 0 aliphatic rings. The Hall–Kier alpha value is -1.46. The van der Waals surface area contributed by atoms with Gasteiger partial charge < -0.3 is 10.1 Å². The fourth-order valence-electron chi connectivity index (χ4n) is 2.12. The number of methoxy groups -OCH3 is 1. The van der Waals surface area contributed by atoms with Crippen LogP contribution in [-0.4, -0.2) is 13.7 Å². The predicted octanol–water partition coefficient (Wildman–Crippen LogP) is 4.51. The van der Waals surface area contributed by atoms with Crippen molar-refractivity contribution in [3.63, 3.8) is 0 Å². The van der Waals surface area contributed by atoms with E-state index in [2.05, 4.69) is 21.2 Å². The van der Waals surface area contributed by atoms with Gasteiger partial charge in [0.1, 0.15) is 17.4 Å². The molecule has 2 aromatic rings. The van der Waals surface area contributed by atoms with E-state index in [-0.39, 0.29) is 10.0 Å². The molecule has 0 radical (unpaired) electrons. The quantitative estimate of drug-likeness (QED) is 0.796. The Labute approximate surface area is 131 Å². The van der Waals surface area contributed by atoms with Gasteiger partial charge in [-0.3, -0.25) is 0 Å². The molecule has 0 saturated carbocycles. The Morgan fingerprint density at radius 1 is 1.19 bits per heavy atom. The molecule has 0 aliphatic carbocycles. The van der Waals surface area contributed by atoms with Crippen molar-refractivity contribution in [3.05, 3.63) is 52.0 Å². The Balaban J connectivity index is 2.52. The van der Waals surface area contributed by atoms with Gasteiger partial charge in [0, 0.05) is 12.1 Å². The minimum atomic E-state index is -0.602. The zero-order valence-corrected chi connectivity index (χ0v) is 13.4. The minimum absolute atomic E-state index is 0.0372. The van der Waals surface area contributed by atoms with Crippen LogP contribution >= 0.6 is 15.9 Å². The first-order valence-electron chi connectivity index (χ1n) is 6.60. The number of ether oxygens (including phenoxy) is 1. The number of nitrogens with one attached hydrogen (secondary N) is 1. The fraction of sp³-hybridized carbons (Fsp3) is 0.250.